The Morgan fingerprint density at radius 1 is 1.22 bits per heavy atom. The number of nitrogens with one attached hydrogen (secondary N) is 2. The molecular formula is C11H16ClN5O. The molecule has 0 unspecified atom stereocenters. The van der Waals surface area contributed by atoms with Gasteiger partial charge in [-0.3, -0.25) is 4.79 Å². The van der Waals surface area contributed by atoms with E-state index in [2.05, 4.69) is 25.5 Å². The number of carbonyl (C=O) groups is 1. The Morgan fingerprint density at radius 2 is 2.00 bits per heavy atom. The molecule has 18 heavy (non-hydrogen) atoms. The van der Waals surface area contributed by atoms with Gasteiger partial charge in [0.1, 0.15) is 0 Å². The van der Waals surface area contributed by atoms with E-state index < -0.39 is 0 Å². The van der Waals surface area contributed by atoms with Crippen molar-refractivity contribution in [2.45, 2.75) is 6.42 Å². The predicted molar refractivity (Wildman–Crippen MR) is 70.4 cm³/mol. The second-order valence-corrected chi connectivity index (χ2v) is 4.27. The van der Waals surface area contributed by atoms with Gasteiger partial charge in [-0.25, -0.2) is 9.97 Å². The van der Waals surface area contributed by atoms with Crippen molar-refractivity contribution in [1.29, 1.82) is 0 Å². The number of aromatic nitrogens is 2. The summed E-state index contributed by atoms with van der Waals surface area (Å²) < 4.78 is 0. The molecule has 98 valence electrons. The average molecular weight is 270 g/mol. The minimum Gasteiger partial charge on any atom is -0.352 e. The Balaban J connectivity index is 0.00000120. The van der Waals surface area contributed by atoms with Crippen LogP contribution in [0.3, 0.4) is 0 Å². The largest absolute Gasteiger partial charge is 0.352 e. The summed E-state index contributed by atoms with van der Waals surface area (Å²) in [5.74, 6) is 0.693. The molecule has 0 atom stereocenters. The van der Waals surface area contributed by atoms with Gasteiger partial charge in [0.05, 0.1) is 11.3 Å². The van der Waals surface area contributed by atoms with Crippen LogP contribution in [0.15, 0.2) is 6.20 Å². The van der Waals surface area contributed by atoms with Crippen LogP contribution in [0.25, 0.3) is 0 Å². The van der Waals surface area contributed by atoms with E-state index in [4.69, 9.17) is 0 Å². The van der Waals surface area contributed by atoms with Gasteiger partial charge in [-0.15, -0.1) is 12.4 Å². The van der Waals surface area contributed by atoms with Gasteiger partial charge in [-0.1, -0.05) is 0 Å². The van der Waals surface area contributed by atoms with Crippen LogP contribution in [-0.4, -0.2) is 48.6 Å². The third kappa shape index (κ3) is 2.39. The standard InChI is InChI=1S/C11H15N5O.ClH/c17-10-8-7-14-11(15-9(8)1-2-13-10)16-5-3-12-4-6-16;/h7,12H,1-6H2,(H,13,17);1H. The maximum Gasteiger partial charge on any atom is 0.254 e. The van der Waals surface area contributed by atoms with Crippen molar-refractivity contribution in [2.75, 3.05) is 37.6 Å². The van der Waals surface area contributed by atoms with Gasteiger partial charge in [0.25, 0.3) is 5.91 Å². The summed E-state index contributed by atoms with van der Waals surface area (Å²) in [5.41, 5.74) is 1.49. The minimum absolute atomic E-state index is 0. The number of anilines is 1. The lowest BCUT2D eigenvalue weighted by atomic mass is 10.1. The summed E-state index contributed by atoms with van der Waals surface area (Å²) in [6, 6.07) is 0. The van der Waals surface area contributed by atoms with Crippen LogP contribution in [0.1, 0.15) is 16.1 Å². The highest BCUT2D eigenvalue weighted by molar-refractivity contribution is 5.96. The number of carbonyl (C=O) groups excluding carboxylic acids is 1. The van der Waals surface area contributed by atoms with E-state index in [9.17, 15) is 4.79 Å². The number of hydrogen-bond donors (Lipinski definition) is 2. The SMILES string of the molecule is Cl.O=C1NCCc2nc(N3CCNCC3)ncc21. The molecule has 7 heteroatoms. The third-order valence-corrected chi connectivity index (χ3v) is 3.15. The second-order valence-electron chi connectivity index (χ2n) is 4.27. The molecule has 1 amide bonds. The zero-order chi connectivity index (χ0) is 11.7. The molecule has 0 radical (unpaired) electrons. The predicted octanol–water partition coefficient (Wildman–Crippen LogP) is -0.406. The molecule has 3 rings (SSSR count). The summed E-state index contributed by atoms with van der Waals surface area (Å²) in [5, 5.41) is 6.09. The van der Waals surface area contributed by atoms with Crippen LogP contribution in [0.2, 0.25) is 0 Å². The number of amides is 1. The first-order valence-electron chi connectivity index (χ1n) is 5.94. The van der Waals surface area contributed by atoms with E-state index in [0.29, 0.717) is 12.1 Å². The normalized spacial score (nSPS) is 18.7. The Bertz CT molecular complexity index is 447. The fourth-order valence-electron chi connectivity index (χ4n) is 2.19. The number of halogens is 1. The van der Waals surface area contributed by atoms with Crippen molar-refractivity contribution >= 4 is 24.3 Å². The molecule has 2 N–H and O–H groups in total. The van der Waals surface area contributed by atoms with Gasteiger partial charge in [0.2, 0.25) is 5.95 Å². The first-order valence-corrected chi connectivity index (χ1v) is 5.94. The first-order chi connectivity index (χ1) is 8.34. The van der Waals surface area contributed by atoms with Crippen LogP contribution in [-0.2, 0) is 6.42 Å². The number of rotatable bonds is 1. The first kappa shape index (κ1) is 13.0. The maximum absolute atomic E-state index is 11.6. The maximum atomic E-state index is 11.6. The molecule has 0 aromatic carbocycles. The lowest BCUT2D eigenvalue weighted by Crippen LogP contribution is -2.44. The highest BCUT2D eigenvalue weighted by Crippen LogP contribution is 2.15. The van der Waals surface area contributed by atoms with Gasteiger partial charge >= 0.3 is 0 Å². The molecule has 1 aromatic rings. The van der Waals surface area contributed by atoms with Gasteiger partial charge < -0.3 is 15.5 Å². The molecule has 1 fully saturated rings. The summed E-state index contributed by atoms with van der Waals surface area (Å²) in [6.45, 7) is 4.43. The van der Waals surface area contributed by atoms with Crippen LogP contribution in [0.4, 0.5) is 5.95 Å². The van der Waals surface area contributed by atoms with Gasteiger partial charge in [0.15, 0.2) is 0 Å². The molecule has 0 saturated carbocycles. The van der Waals surface area contributed by atoms with E-state index in [0.717, 1.165) is 44.2 Å². The van der Waals surface area contributed by atoms with Crippen LogP contribution >= 0.6 is 12.4 Å². The summed E-state index contributed by atoms with van der Waals surface area (Å²) >= 11 is 0. The highest BCUT2D eigenvalue weighted by atomic mass is 35.5. The van der Waals surface area contributed by atoms with Gasteiger partial charge in [-0.2, -0.15) is 0 Å². The monoisotopic (exact) mass is 269 g/mol. The Labute approximate surface area is 112 Å². The molecule has 1 saturated heterocycles. The molecule has 1 aromatic heterocycles. The number of fused-ring (bicyclic) bond motifs is 1. The van der Waals surface area contributed by atoms with Crippen molar-refractivity contribution in [1.82, 2.24) is 20.6 Å². The number of piperazine rings is 1. The molecule has 0 bridgehead atoms. The summed E-state index contributed by atoms with van der Waals surface area (Å²) in [7, 11) is 0. The lowest BCUT2D eigenvalue weighted by molar-refractivity contribution is 0.0944. The van der Waals surface area contributed by atoms with E-state index in [1.807, 2.05) is 0 Å². The summed E-state index contributed by atoms with van der Waals surface area (Å²) in [4.78, 5) is 22.5. The third-order valence-electron chi connectivity index (χ3n) is 3.15. The molecular weight excluding hydrogens is 254 g/mol. The van der Waals surface area contributed by atoms with Crippen LogP contribution in [0.5, 0.6) is 0 Å². The van der Waals surface area contributed by atoms with Crippen molar-refractivity contribution in [3.8, 4) is 0 Å². The summed E-state index contributed by atoms with van der Waals surface area (Å²) in [6.07, 6.45) is 2.44. The van der Waals surface area contributed by atoms with Crippen LogP contribution in [0, 0.1) is 0 Å². The van der Waals surface area contributed by atoms with Crippen molar-refractivity contribution in [3.05, 3.63) is 17.5 Å². The Morgan fingerprint density at radius 3 is 2.78 bits per heavy atom. The fraction of sp³-hybridized carbons (Fsp3) is 0.545. The average Bonchev–Trinajstić information content (AvgIpc) is 2.40. The van der Waals surface area contributed by atoms with Gasteiger partial charge in [-0.05, 0) is 0 Å². The topological polar surface area (TPSA) is 70.2 Å². The van der Waals surface area contributed by atoms with E-state index in [1.54, 1.807) is 6.20 Å². The van der Waals surface area contributed by atoms with Crippen molar-refractivity contribution < 1.29 is 4.79 Å². The highest BCUT2D eigenvalue weighted by Gasteiger charge is 2.21. The molecule has 0 spiro atoms. The quantitative estimate of drug-likeness (QED) is 0.726. The minimum atomic E-state index is -0.0573. The zero-order valence-corrected chi connectivity index (χ0v) is 10.8. The zero-order valence-electron chi connectivity index (χ0n) is 9.98. The van der Waals surface area contributed by atoms with E-state index in [1.165, 1.54) is 0 Å². The second kappa shape index (κ2) is 5.49. The number of nitrogens with zero attached hydrogens (tertiary/aromatic N) is 3. The molecule has 6 nitrogen and oxygen atoms in total. The Kier molecular flexibility index (Phi) is 3.98. The smallest absolute Gasteiger partial charge is 0.254 e. The molecule has 0 aliphatic carbocycles. The molecule has 2 aliphatic heterocycles. The number of hydrogen-bond acceptors (Lipinski definition) is 5. The van der Waals surface area contributed by atoms with E-state index in [-0.39, 0.29) is 18.3 Å². The molecule has 3 heterocycles. The van der Waals surface area contributed by atoms with Crippen molar-refractivity contribution in [2.24, 2.45) is 0 Å². The van der Waals surface area contributed by atoms with Crippen LogP contribution < -0.4 is 15.5 Å². The van der Waals surface area contributed by atoms with Gasteiger partial charge in [0, 0.05) is 45.3 Å². The van der Waals surface area contributed by atoms with Crippen molar-refractivity contribution in [3.63, 3.8) is 0 Å². The van der Waals surface area contributed by atoms with E-state index >= 15 is 0 Å². The Hall–Kier alpha value is -1.40. The molecule has 2 aliphatic rings. The lowest BCUT2D eigenvalue weighted by Gasteiger charge is -2.28. The fourth-order valence-corrected chi connectivity index (χ4v) is 2.19.